The molecule has 0 radical (unpaired) electrons. The van der Waals surface area contributed by atoms with E-state index in [-0.39, 0.29) is 12.0 Å². The number of carbonyl (C=O) groups is 1. The maximum absolute atomic E-state index is 11.9. The zero-order chi connectivity index (χ0) is 13.1. The van der Waals surface area contributed by atoms with E-state index in [1.54, 1.807) is 0 Å². The minimum Gasteiger partial charge on any atom is -0.464 e. The first-order chi connectivity index (χ1) is 8.63. The number of hydrogen-bond acceptors (Lipinski definition) is 3. The van der Waals surface area contributed by atoms with Gasteiger partial charge in [-0.15, -0.1) is 0 Å². The molecular formula is C15H21NO2. The van der Waals surface area contributed by atoms with Crippen molar-refractivity contribution in [2.24, 2.45) is 0 Å². The number of nitrogens with zero attached hydrogens (tertiary/aromatic N) is 1. The fraction of sp³-hybridized carbons (Fsp3) is 0.533. The average molecular weight is 247 g/mol. The van der Waals surface area contributed by atoms with E-state index in [0.717, 1.165) is 19.4 Å². The van der Waals surface area contributed by atoms with Gasteiger partial charge in [0.15, 0.2) is 0 Å². The summed E-state index contributed by atoms with van der Waals surface area (Å²) < 4.78 is 5.12. The summed E-state index contributed by atoms with van der Waals surface area (Å²) in [6.07, 6.45) is 2.20. The molecule has 3 heteroatoms. The maximum atomic E-state index is 11.9. The fourth-order valence-corrected chi connectivity index (χ4v) is 2.55. The number of anilines is 1. The van der Waals surface area contributed by atoms with Gasteiger partial charge < -0.3 is 9.64 Å². The molecule has 0 N–H and O–H groups in total. The Balaban J connectivity index is 2.24. The highest BCUT2D eigenvalue weighted by Gasteiger charge is 2.26. The Morgan fingerprint density at radius 1 is 1.50 bits per heavy atom. The van der Waals surface area contributed by atoms with Crippen molar-refractivity contribution in [1.82, 2.24) is 0 Å². The quantitative estimate of drug-likeness (QED) is 0.769. The number of ether oxygens (including phenoxy) is 1. The van der Waals surface area contributed by atoms with Crippen LogP contribution in [0.1, 0.15) is 31.4 Å². The van der Waals surface area contributed by atoms with E-state index < -0.39 is 0 Å². The molecule has 0 aromatic heterocycles. The molecule has 0 saturated carbocycles. The molecule has 18 heavy (non-hydrogen) atoms. The molecule has 1 aliphatic rings. The molecule has 0 aliphatic carbocycles. The second kappa shape index (κ2) is 5.42. The van der Waals surface area contributed by atoms with Crippen molar-refractivity contribution in [3.05, 3.63) is 29.3 Å². The molecule has 0 saturated heterocycles. The van der Waals surface area contributed by atoms with Crippen LogP contribution in [0, 0.1) is 6.92 Å². The molecule has 1 aromatic carbocycles. The standard InChI is InChI=1S/C15H21NO2/c1-4-18-15(17)12(3)16-9-5-6-13-10-11(2)7-8-14(13)16/h7-8,10,12H,4-6,9H2,1-3H3. The van der Waals surface area contributed by atoms with Crippen LogP contribution in [0.25, 0.3) is 0 Å². The third kappa shape index (κ3) is 2.50. The van der Waals surface area contributed by atoms with Gasteiger partial charge in [0.1, 0.15) is 6.04 Å². The number of hydrogen-bond donors (Lipinski definition) is 0. The van der Waals surface area contributed by atoms with Crippen molar-refractivity contribution in [2.45, 2.75) is 39.7 Å². The lowest BCUT2D eigenvalue weighted by molar-refractivity contribution is -0.144. The Bertz CT molecular complexity index is 442. The predicted octanol–water partition coefficient (Wildman–Crippen LogP) is 2.70. The predicted molar refractivity (Wildman–Crippen MR) is 72.9 cm³/mol. The molecule has 1 unspecified atom stereocenters. The van der Waals surface area contributed by atoms with Crippen molar-refractivity contribution < 1.29 is 9.53 Å². The van der Waals surface area contributed by atoms with E-state index in [1.807, 2.05) is 13.8 Å². The van der Waals surface area contributed by atoms with Gasteiger partial charge >= 0.3 is 5.97 Å². The first kappa shape index (κ1) is 12.9. The van der Waals surface area contributed by atoms with Crippen LogP contribution in [0.2, 0.25) is 0 Å². The van der Waals surface area contributed by atoms with E-state index in [1.165, 1.54) is 16.8 Å². The van der Waals surface area contributed by atoms with Crippen LogP contribution in [0.4, 0.5) is 5.69 Å². The number of benzene rings is 1. The van der Waals surface area contributed by atoms with Gasteiger partial charge in [0, 0.05) is 12.2 Å². The minimum atomic E-state index is -0.202. The Kier molecular flexibility index (Phi) is 3.90. The van der Waals surface area contributed by atoms with Gasteiger partial charge in [-0.1, -0.05) is 17.7 Å². The van der Waals surface area contributed by atoms with Gasteiger partial charge in [-0.05, 0) is 45.2 Å². The summed E-state index contributed by atoms with van der Waals surface area (Å²) in [6.45, 7) is 7.24. The van der Waals surface area contributed by atoms with Crippen molar-refractivity contribution in [2.75, 3.05) is 18.1 Å². The fourth-order valence-electron chi connectivity index (χ4n) is 2.55. The Labute approximate surface area is 109 Å². The molecule has 1 aromatic rings. The molecule has 98 valence electrons. The first-order valence-corrected chi connectivity index (χ1v) is 6.66. The molecule has 0 amide bonds. The highest BCUT2D eigenvalue weighted by molar-refractivity contribution is 5.80. The largest absolute Gasteiger partial charge is 0.464 e. The van der Waals surface area contributed by atoms with Crippen molar-refractivity contribution in [1.29, 1.82) is 0 Å². The molecule has 0 spiro atoms. The molecule has 1 aliphatic heterocycles. The third-order valence-corrected chi connectivity index (χ3v) is 3.48. The second-order valence-corrected chi connectivity index (χ2v) is 4.86. The van der Waals surface area contributed by atoms with Gasteiger partial charge in [-0.25, -0.2) is 4.79 Å². The van der Waals surface area contributed by atoms with Crippen molar-refractivity contribution >= 4 is 11.7 Å². The van der Waals surface area contributed by atoms with Crippen molar-refractivity contribution in [3.63, 3.8) is 0 Å². The Hall–Kier alpha value is -1.51. The van der Waals surface area contributed by atoms with Crippen LogP contribution in [0.5, 0.6) is 0 Å². The summed E-state index contributed by atoms with van der Waals surface area (Å²) in [5.74, 6) is -0.133. The van der Waals surface area contributed by atoms with Crippen LogP contribution in [-0.4, -0.2) is 25.2 Å². The lowest BCUT2D eigenvalue weighted by Crippen LogP contribution is -2.43. The lowest BCUT2D eigenvalue weighted by Gasteiger charge is -2.35. The summed E-state index contributed by atoms with van der Waals surface area (Å²) >= 11 is 0. The summed E-state index contributed by atoms with van der Waals surface area (Å²) in [6, 6.07) is 6.25. The van der Waals surface area contributed by atoms with E-state index in [2.05, 4.69) is 30.0 Å². The summed E-state index contributed by atoms with van der Waals surface area (Å²) in [5.41, 5.74) is 3.81. The molecule has 0 fully saturated rings. The van der Waals surface area contributed by atoms with Crippen LogP contribution in [-0.2, 0) is 16.0 Å². The number of carbonyl (C=O) groups excluding carboxylic acids is 1. The van der Waals surface area contributed by atoms with Crippen LogP contribution in [0.3, 0.4) is 0 Å². The molecule has 2 rings (SSSR count). The highest BCUT2D eigenvalue weighted by Crippen LogP contribution is 2.29. The number of aryl methyl sites for hydroxylation is 2. The van der Waals surface area contributed by atoms with Gasteiger partial charge in [-0.2, -0.15) is 0 Å². The third-order valence-electron chi connectivity index (χ3n) is 3.48. The van der Waals surface area contributed by atoms with Crippen LogP contribution < -0.4 is 4.90 Å². The van der Waals surface area contributed by atoms with Gasteiger partial charge in [0.05, 0.1) is 6.61 Å². The lowest BCUT2D eigenvalue weighted by atomic mass is 9.98. The second-order valence-electron chi connectivity index (χ2n) is 4.86. The van der Waals surface area contributed by atoms with Crippen LogP contribution in [0.15, 0.2) is 18.2 Å². The van der Waals surface area contributed by atoms with Crippen LogP contribution >= 0.6 is 0 Å². The number of fused-ring (bicyclic) bond motifs is 1. The van der Waals surface area contributed by atoms with E-state index in [9.17, 15) is 4.79 Å². The van der Waals surface area contributed by atoms with E-state index in [0.29, 0.717) is 6.61 Å². The van der Waals surface area contributed by atoms with E-state index in [4.69, 9.17) is 4.74 Å². The zero-order valence-corrected chi connectivity index (χ0v) is 11.4. The first-order valence-electron chi connectivity index (χ1n) is 6.66. The summed E-state index contributed by atoms with van der Waals surface area (Å²) in [7, 11) is 0. The molecule has 1 atom stereocenters. The number of esters is 1. The normalized spacial score (nSPS) is 16.1. The maximum Gasteiger partial charge on any atom is 0.328 e. The number of rotatable bonds is 3. The molecule has 3 nitrogen and oxygen atoms in total. The summed E-state index contributed by atoms with van der Waals surface area (Å²) in [5, 5.41) is 0. The van der Waals surface area contributed by atoms with Gasteiger partial charge in [0.2, 0.25) is 0 Å². The smallest absolute Gasteiger partial charge is 0.328 e. The molecular weight excluding hydrogens is 226 g/mol. The highest BCUT2D eigenvalue weighted by atomic mass is 16.5. The SMILES string of the molecule is CCOC(=O)C(C)N1CCCc2cc(C)ccc21. The Morgan fingerprint density at radius 3 is 3.00 bits per heavy atom. The average Bonchev–Trinajstić information content (AvgIpc) is 2.37. The monoisotopic (exact) mass is 247 g/mol. The topological polar surface area (TPSA) is 29.5 Å². The molecule has 0 bridgehead atoms. The molecule has 1 heterocycles. The van der Waals surface area contributed by atoms with E-state index >= 15 is 0 Å². The summed E-state index contributed by atoms with van der Waals surface area (Å²) in [4.78, 5) is 14.0. The minimum absolute atomic E-state index is 0.133. The van der Waals surface area contributed by atoms with Crippen molar-refractivity contribution in [3.8, 4) is 0 Å². The zero-order valence-electron chi connectivity index (χ0n) is 11.4. The van der Waals surface area contributed by atoms with Gasteiger partial charge in [-0.3, -0.25) is 0 Å². The van der Waals surface area contributed by atoms with Gasteiger partial charge in [0.25, 0.3) is 0 Å². The Morgan fingerprint density at radius 2 is 2.28 bits per heavy atom.